The Labute approximate surface area is 194 Å². The lowest BCUT2D eigenvalue weighted by atomic mass is 10.0. The first-order chi connectivity index (χ1) is 16.4. The molecule has 3 rings (SSSR count). The van der Waals surface area contributed by atoms with E-state index in [0.29, 0.717) is 11.1 Å². The maximum atomic E-state index is 12.6. The van der Waals surface area contributed by atoms with Gasteiger partial charge in [-0.1, -0.05) is 24.3 Å². The number of rotatable bonds is 7. The van der Waals surface area contributed by atoms with Crippen molar-refractivity contribution in [3.63, 3.8) is 0 Å². The monoisotopic (exact) mass is 460 g/mol. The molecule has 0 bridgehead atoms. The Morgan fingerprint density at radius 3 is 1.56 bits per heavy atom. The van der Waals surface area contributed by atoms with Gasteiger partial charge in [-0.05, 0) is 42.5 Å². The Morgan fingerprint density at radius 2 is 1.15 bits per heavy atom. The average Bonchev–Trinajstić information content (AvgIpc) is 2.85. The number of carbonyl (C=O) groups is 3. The molecule has 0 aliphatic heterocycles. The van der Waals surface area contributed by atoms with Crippen molar-refractivity contribution in [2.75, 3.05) is 7.11 Å². The Bertz CT molecular complexity index is 1200. The third-order valence-electron chi connectivity index (χ3n) is 4.49. The fourth-order valence-corrected chi connectivity index (χ4v) is 2.77. The number of amides is 2. The SMILES string of the molecule is COC(=O)c1cc(C(=O)N/N=C/c2ccccc2O)cc(C(=O)N/N=C/c2ccccc2O)c1. The lowest BCUT2D eigenvalue weighted by Gasteiger charge is -2.07. The summed E-state index contributed by atoms with van der Waals surface area (Å²) < 4.78 is 4.69. The second-order valence-corrected chi connectivity index (χ2v) is 6.81. The third kappa shape index (κ3) is 6.04. The summed E-state index contributed by atoms with van der Waals surface area (Å²) in [6, 6.07) is 16.5. The largest absolute Gasteiger partial charge is 0.507 e. The van der Waals surface area contributed by atoms with Crippen molar-refractivity contribution >= 4 is 30.2 Å². The second kappa shape index (κ2) is 11.0. The number of aromatic hydroxyl groups is 2. The zero-order valence-corrected chi connectivity index (χ0v) is 17.9. The Kier molecular flexibility index (Phi) is 7.69. The van der Waals surface area contributed by atoms with Gasteiger partial charge in [-0.3, -0.25) is 9.59 Å². The molecular formula is C24H20N4O6. The number of methoxy groups -OCH3 is 1. The van der Waals surface area contributed by atoms with Crippen LogP contribution in [-0.2, 0) is 4.74 Å². The minimum Gasteiger partial charge on any atom is -0.507 e. The number of ether oxygens (including phenoxy) is 1. The second-order valence-electron chi connectivity index (χ2n) is 6.81. The highest BCUT2D eigenvalue weighted by molar-refractivity contribution is 6.03. The summed E-state index contributed by atoms with van der Waals surface area (Å²) in [6.45, 7) is 0. The number of nitrogens with zero attached hydrogens (tertiary/aromatic N) is 2. The molecule has 34 heavy (non-hydrogen) atoms. The van der Waals surface area contributed by atoms with Gasteiger partial charge in [-0.15, -0.1) is 0 Å². The van der Waals surface area contributed by atoms with Crippen LogP contribution in [0, 0.1) is 0 Å². The number of para-hydroxylation sites is 2. The van der Waals surface area contributed by atoms with Crippen LogP contribution in [-0.4, -0.2) is 47.5 Å². The molecule has 172 valence electrons. The predicted molar refractivity (Wildman–Crippen MR) is 124 cm³/mol. The standard InChI is InChI=1S/C24H20N4O6/c1-34-24(33)19-11-17(22(31)27-25-13-15-6-2-4-8-20(15)29)10-18(12-19)23(32)28-26-14-16-7-3-5-9-21(16)30/h2-14,29-30H,1H3,(H,27,31)(H,28,32)/b25-13+,26-14+. The van der Waals surface area contributed by atoms with Crippen molar-refractivity contribution in [1.29, 1.82) is 0 Å². The van der Waals surface area contributed by atoms with E-state index in [1.54, 1.807) is 36.4 Å². The molecular weight excluding hydrogens is 440 g/mol. The molecule has 10 nitrogen and oxygen atoms in total. The van der Waals surface area contributed by atoms with Gasteiger partial charge < -0.3 is 14.9 Å². The number of benzene rings is 3. The molecule has 4 N–H and O–H groups in total. The van der Waals surface area contributed by atoms with Gasteiger partial charge in [0.05, 0.1) is 25.1 Å². The molecule has 0 aliphatic carbocycles. The molecule has 0 fully saturated rings. The Hall–Kier alpha value is -4.99. The highest BCUT2D eigenvalue weighted by atomic mass is 16.5. The van der Waals surface area contributed by atoms with Crippen LogP contribution in [0.3, 0.4) is 0 Å². The molecule has 3 aromatic rings. The van der Waals surface area contributed by atoms with E-state index >= 15 is 0 Å². The van der Waals surface area contributed by atoms with E-state index in [9.17, 15) is 24.6 Å². The van der Waals surface area contributed by atoms with Gasteiger partial charge in [0.2, 0.25) is 0 Å². The average molecular weight is 460 g/mol. The quantitative estimate of drug-likeness (QED) is 0.242. The lowest BCUT2D eigenvalue weighted by molar-refractivity contribution is 0.0600. The van der Waals surface area contributed by atoms with E-state index in [-0.39, 0.29) is 28.2 Å². The topological polar surface area (TPSA) is 150 Å². The van der Waals surface area contributed by atoms with Crippen LogP contribution in [0.2, 0.25) is 0 Å². The summed E-state index contributed by atoms with van der Waals surface area (Å²) in [5.74, 6) is -2.19. The number of esters is 1. The number of hydrazone groups is 2. The predicted octanol–water partition coefficient (Wildman–Crippen LogP) is 2.41. The molecule has 10 heteroatoms. The maximum Gasteiger partial charge on any atom is 0.337 e. The molecule has 0 heterocycles. The van der Waals surface area contributed by atoms with Crippen molar-refractivity contribution in [3.05, 3.63) is 94.5 Å². The van der Waals surface area contributed by atoms with Crippen LogP contribution in [0.5, 0.6) is 11.5 Å². The molecule has 0 spiro atoms. The maximum absolute atomic E-state index is 12.6. The van der Waals surface area contributed by atoms with Crippen molar-refractivity contribution in [3.8, 4) is 11.5 Å². The molecule has 0 radical (unpaired) electrons. The lowest BCUT2D eigenvalue weighted by Crippen LogP contribution is -2.22. The molecule has 0 aliphatic rings. The molecule has 3 aromatic carbocycles. The van der Waals surface area contributed by atoms with Crippen LogP contribution in [0.4, 0.5) is 0 Å². The minimum atomic E-state index is -0.751. The number of hydrogen-bond donors (Lipinski definition) is 4. The molecule has 0 saturated heterocycles. The van der Waals surface area contributed by atoms with Crippen molar-refractivity contribution in [2.45, 2.75) is 0 Å². The van der Waals surface area contributed by atoms with E-state index < -0.39 is 17.8 Å². The van der Waals surface area contributed by atoms with Gasteiger partial charge >= 0.3 is 5.97 Å². The van der Waals surface area contributed by atoms with Crippen LogP contribution >= 0.6 is 0 Å². The zero-order chi connectivity index (χ0) is 24.5. The first-order valence-corrected chi connectivity index (χ1v) is 9.85. The number of phenolic OH excluding ortho intramolecular Hbond substituents is 2. The molecule has 0 saturated carbocycles. The van der Waals surface area contributed by atoms with Crippen LogP contribution < -0.4 is 10.9 Å². The highest BCUT2D eigenvalue weighted by Gasteiger charge is 2.16. The van der Waals surface area contributed by atoms with E-state index in [1.807, 2.05) is 0 Å². The van der Waals surface area contributed by atoms with E-state index in [2.05, 4.69) is 21.1 Å². The van der Waals surface area contributed by atoms with Crippen molar-refractivity contribution < 1.29 is 29.3 Å². The zero-order valence-electron chi connectivity index (χ0n) is 17.9. The van der Waals surface area contributed by atoms with Crippen LogP contribution in [0.1, 0.15) is 42.2 Å². The summed E-state index contributed by atoms with van der Waals surface area (Å²) >= 11 is 0. The fraction of sp³-hybridized carbons (Fsp3) is 0.0417. The van der Waals surface area contributed by atoms with Gasteiger partial charge in [0.1, 0.15) is 11.5 Å². The summed E-state index contributed by atoms with van der Waals surface area (Å²) in [7, 11) is 1.17. The van der Waals surface area contributed by atoms with Gasteiger partial charge in [-0.2, -0.15) is 10.2 Å². The van der Waals surface area contributed by atoms with E-state index in [4.69, 9.17) is 4.74 Å². The van der Waals surface area contributed by atoms with Crippen molar-refractivity contribution in [1.82, 2.24) is 10.9 Å². The van der Waals surface area contributed by atoms with Gasteiger partial charge in [0.25, 0.3) is 11.8 Å². The summed E-state index contributed by atoms with van der Waals surface area (Å²) in [5, 5.41) is 27.1. The smallest absolute Gasteiger partial charge is 0.337 e. The summed E-state index contributed by atoms with van der Waals surface area (Å²) in [5.41, 5.74) is 5.21. The number of hydrogen-bond acceptors (Lipinski definition) is 8. The van der Waals surface area contributed by atoms with Gasteiger partial charge in [0, 0.05) is 22.3 Å². The van der Waals surface area contributed by atoms with Gasteiger partial charge in [0.15, 0.2) is 0 Å². The third-order valence-corrected chi connectivity index (χ3v) is 4.49. The summed E-state index contributed by atoms with van der Waals surface area (Å²) in [6.07, 6.45) is 2.50. The first kappa shape index (κ1) is 23.7. The van der Waals surface area contributed by atoms with Crippen molar-refractivity contribution in [2.24, 2.45) is 10.2 Å². The summed E-state index contributed by atoms with van der Waals surface area (Å²) in [4.78, 5) is 37.2. The highest BCUT2D eigenvalue weighted by Crippen LogP contribution is 2.15. The Morgan fingerprint density at radius 1 is 0.735 bits per heavy atom. The van der Waals surface area contributed by atoms with Gasteiger partial charge in [-0.25, -0.2) is 15.6 Å². The normalized spacial score (nSPS) is 10.9. The Balaban J connectivity index is 1.79. The first-order valence-electron chi connectivity index (χ1n) is 9.85. The molecule has 2 amide bonds. The molecule has 0 aromatic heterocycles. The number of carbonyl (C=O) groups excluding carboxylic acids is 3. The van der Waals surface area contributed by atoms with Crippen LogP contribution in [0.25, 0.3) is 0 Å². The van der Waals surface area contributed by atoms with Crippen LogP contribution in [0.15, 0.2) is 76.9 Å². The molecule has 0 unspecified atom stereocenters. The van der Waals surface area contributed by atoms with E-state index in [1.165, 1.54) is 49.9 Å². The number of nitrogens with one attached hydrogen (secondary N) is 2. The molecule has 0 atom stereocenters. The van der Waals surface area contributed by atoms with E-state index in [0.717, 1.165) is 0 Å². The minimum absolute atomic E-state index is 0.0171. The number of phenols is 2. The fourth-order valence-electron chi connectivity index (χ4n) is 2.77.